The lowest BCUT2D eigenvalue weighted by Gasteiger charge is -2.32. The highest BCUT2D eigenvalue weighted by Gasteiger charge is 2.20. The van der Waals surface area contributed by atoms with Gasteiger partial charge in [-0.2, -0.15) is 0 Å². The van der Waals surface area contributed by atoms with E-state index in [-0.39, 0.29) is 6.03 Å². The first-order valence-electron chi connectivity index (χ1n) is 8.47. The second-order valence-electron chi connectivity index (χ2n) is 6.42. The molecule has 0 saturated carbocycles. The molecular weight excluding hydrogens is 322 g/mol. The number of piperidine rings is 1. The van der Waals surface area contributed by atoms with Gasteiger partial charge < -0.3 is 14.6 Å². The van der Waals surface area contributed by atoms with Crippen LogP contribution in [0, 0.1) is 5.92 Å². The Morgan fingerprint density at radius 3 is 2.88 bits per heavy atom. The monoisotopic (exact) mass is 347 g/mol. The van der Waals surface area contributed by atoms with Crippen LogP contribution < -0.4 is 5.32 Å². The van der Waals surface area contributed by atoms with Gasteiger partial charge in [-0.1, -0.05) is 6.07 Å². The highest BCUT2D eigenvalue weighted by molar-refractivity contribution is 7.09. The van der Waals surface area contributed by atoms with Crippen LogP contribution in [0.3, 0.4) is 0 Å². The molecule has 1 fully saturated rings. The number of hydrogen-bond donors (Lipinski definition) is 1. The Morgan fingerprint density at radius 2 is 2.21 bits per heavy atom. The normalized spacial score (nSPS) is 16.2. The lowest BCUT2D eigenvalue weighted by molar-refractivity contribution is 0.170. The molecule has 130 valence electrons. The zero-order valence-electron chi connectivity index (χ0n) is 14.1. The van der Waals surface area contributed by atoms with Crippen LogP contribution in [-0.2, 0) is 13.1 Å². The maximum absolute atomic E-state index is 12.2. The summed E-state index contributed by atoms with van der Waals surface area (Å²) in [6, 6.07) is 8.00. The number of nitrogens with one attached hydrogen (secondary N) is 1. The second kappa shape index (κ2) is 8.35. The number of thiophene rings is 1. The number of furan rings is 1. The van der Waals surface area contributed by atoms with Crippen LogP contribution in [0.1, 0.15) is 23.5 Å². The minimum Gasteiger partial charge on any atom is -0.467 e. The van der Waals surface area contributed by atoms with Crippen LogP contribution >= 0.6 is 11.3 Å². The van der Waals surface area contributed by atoms with E-state index < -0.39 is 0 Å². The van der Waals surface area contributed by atoms with Gasteiger partial charge in [0, 0.05) is 25.0 Å². The fraction of sp³-hybridized carbons (Fsp3) is 0.500. The van der Waals surface area contributed by atoms with Gasteiger partial charge in [0.05, 0.1) is 12.8 Å². The molecule has 0 aromatic carbocycles. The second-order valence-corrected chi connectivity index (χ2v) is 7.45. The number of nitrogens with zero attached hydrogens (tertiary/aromatic N) is 2. The highest BCUT2D eigenvalue weighted by atomic mass is 32.1. The standard InChI is InChI=1S/C18H25N3O2S/c1-20(13-16-4-2-10-23-16)18(22)19-12-15-6-8-21(9-7-15)14-17-5-3-11-24-17/h2-5,10-11,15H,6-9,12-14H2,1H3,(H,19,22). The molecule has 0 radical (unpaired) electrons. The van der Waals surface area contributed by atoms with Gasteiger partial charge >= 0.3 is 6.03 Å². The minimum absolute atomic E-state index is 0.0348. The van der Waals surface area contributed by atoms with E-state index in [0.717, 1.165) is 44.8 Å². The number of rotatable bonds is 6. The third-order valence-electron chi connectivity index (χ3n) is 4.53. The first-order valence-corrected chi connectivity index (χ1v) is 9.35. The van der Waals surface area contributed by atoms with Crippen LogP contribution in [0.2, 0.25) is 0 Å². The van der Waals surface area contributed by atoms with E-state index in [1.54, 1.807) is 18.2 Å². The third kappa shape index (κ3) is 4.85. The molecule has 3 heterocycles. The number of amides is 2. The van der Waals surface area contributed by atoms with Crippen molar-refractivity contribution >= 4 is 17.4 Å². The average molecular weight is 347 g/mol. The first kappa shape index (κ1) is 17.0. The summed E-state index contributed by atoms with van der Waals surface area (Å²) in [4.78, 5) is 17.7. The maximum Gasteiger partial charge on any atom is 0.317 e. The maximum atomic E-state index is 12.2. The smallest absolute Gasteiger partial charge is 0.317 e. The molecule has 1 aliphatic heterocycles. The van der Waals surface area contributed by atoms with Crippen molar-refractivity contribution in [2.75, 3.05) is 26.7 Å². The van der Waals surface area contributed by atoms with Gasteiger partial charge in [0.15, 0.2) is 0 Å². The summed E-state index contributed by atoms with van der Waals surface area (Å²) in [5, 5.41) is 5.19. The van der Waals surface area contributed by atoms with Crippen molar-refractivity contribution in [3.8, 4) is 0 Å². The molecule has 2 aromatic heterocycles. The summed E-state index contributed by atoms with van der Waals surface area (Å²) < 4.78 is 5.28. The van der Waals surface area contributed by atoms with E-state index >= 15 is 0 Å². The SMILES string of the molecule is CN(Cc1ccco1)C(=O)NCC1CCN(Cc2cccs2)CC1. The molecule has 2 amide bonds. The van der Waals surface area contributed by atoms with Crippen LogP contribution in [0.15, 0.2) is 40.3 Å². The Balaban J connectivity index is 1.34. The fourth-order valence-corrected chi connectivity index (χ4v) is 3.79. The van der Waals surface area contributed by atoms with Gasteiger partial charge in [0.2, 0.25) is 0 Å². The van der Waals surface area contributed by atoms with E-state index in [2.05, 4.69) is 27.7 Å². The Morgan fingerprint density at radius 1 is 1.38 bits per heavy atom. The molecule has 0 atom stereocenters. The number of urea groups is 1. The molecule has 5 nitrogen and oxygen atoms in total. The Bertz CT molecular complexity index is 604. The summed E-state index contributed by atoms with van der Waals surface area (Å²) >= 11 is 1.82. The lowest BCUT2D eigenvalue weighted by Crippen LogP contribution is -2.42. The van der Waals surface area contributed by atoms with Gasteiger partial charge in [0.1, 0.15) is 5.76 Å². The zero-order chi connectivity index (χ0) is 16.8. The predicted octanol–water partition coefficient (Wildman–Crippen LogP) is 3.39. The van der Waals surface area contributed by atoms with Crippen LogP contribution in [-0.4, -0.2) is 42.5 Å². The minimum atomic E-state index is -0.0348. The largest absolute Gasteiger partial charge is 0.467 e. The van der Waals surface area contributed by atoms with Gasteiger partial charge in [-0.25, -0.2) is 4.79 Å². The van der Waals surface area contributed by atoms with Gasteiger partial charge in [0.25, 0.3) is 0 Å². The van der Waals surface area contributed by atoms with Crippen molar-refractivity contribution in [3.63, 3.8) is 0 Å². The summed E-state index contributed by atoms with van der Waals surface area (Å²) in [6.45, 7) is 4.54. The fourth-order valence-electron chi connectivity index (χ4n) is 3.05. The predicted molar refractivity (Wildman–Crippen MR) is 95.9 cm³/mol. The van der Waals surface area contributed by atoms with Crippen molar-refractivity contribution in [1.29, 1.82) is 0 Å². The number of likely N-dealkylation sites (tertiary alicyclic amines) is 1. The van der Waals surface area contributed by atoms with E-state index in [1.807, 2.05) is 23.5 Å². The number of carbonyl (C=O) groups excluding carboxylic acids is 1. The lowest BCUT2D eigenvalue weighted by atomic mass is 9.97. The molecule has 2 aromatic rings. The zero-order valence-corrected chi connectivity index (χ0v) is 14.9. The molecule has 1 aliphatic rings. The van der Waals surface area contributed by atoms with Crippen molar-refractivity contribution < 1.29 is 9.21 Å². The van der Waals surface area contributed by atoms with E-state index in [9.17, 15) is 4.79 Å². The van der Waals surface area contributed by atoms with E-state index in [4.69, 9.17) is 4.42 Å². The number of carbonyl (C=O) groups is 1. The average Bonchev–Trinajstić information content (AvgIpc) is 3.28. The first-order chi connectivity index (χ1) is 11.7. The summed E-state index contributed by atoms with van der Waals surface area (Å²) in [6.07, 6.45) is 3.92. The third-order valence-corrected chi connectivity index (χ3v) is 5.39. The van der Waals surface area contributed by atoms with Crippen LogP contribution in [0.5, 0.6) is 0 Å². The van der Waals surface area contributed by atoms with Crippen LogP contribution in [0.4, 0.5) is 4.79 Å². The van der Waals surface area contributed by atoms with Gasteiger partial charge in [-0.05, 0) is 55.4 Å². The Labute approximate surface area is 147 Å². The van der Waals surface area contributed by atoms with Gasteiger partial charge in [-0.15, -0.1) is 11.3 Å². The Hall–Kier alpha value is -1.79. The van der Waals surface area contributed by atoms with E-state index in [0.29, 0.717) is 12.5 Å². The molecule has 0 bridgehead atoms. The molecule has 6 heteroatoms. The number of hydrogen-bond acceptors (Lipinski definition) is 4. The summed E-state index contributed by atoms with van der Waals surface area (Å²) in [5.74, 6) is 1.38. The van der Waals surface area contributed by atoms with E-state index in [1.165, 1.54) is 4.88 Å². The molecular formula is C18H25N3O2S. The van der Waals surface area contributed by atoms with Crippen molar-refractivity contribution in [1.82, 2.24) is 15.1 Å². The molecule has 1 saturated heterocycles. The van der Waals surface area contributed by atoms with Crippen molar-refractivity contribution in [2.24, 2.45) is 5.92 Å². The molecule has 1 N–H and O–H groups in total. The summed E-state index contributed by atoms with van der Waals surface area (Å²) in [7, 11) is 1.79. The molecule has 3 rings (SSSR count). The van der Waals surface area contributed by atoms with Crippen molar-refractivity contribution in [3.05, 3.63) is 46.5 Å². The van der Waals surface area contributed by atoms with Crippen LogP contribution in [0.25, 0.3) is 0 Å². The quantitative estimate of drug-likeness (QED) is 0.871. The molecule has 0 unspecified atom stereocenters. The molecule has 0 aliphatic carbocycles. The molecule has 0 spiro atoms. The highest BCUT2D eigenvalue weighted by Crippen LogP contribution is 2.20. The topological polar surface area (TPSA) is 48.7 Å². The van der Waals surface area contributed by atoms with Gasteiger partial charge in [-0.3, -0.25) is 4.90 Å². The van der Waals surface area contributed by atoms with Crippen molar-refractivity contribution in [2.45, 2.75) is 25.9 Å². The Kier molecular flexibility index (Phi) is 5.93. The molecule has 24 heavy (non-hydrogen) atoms. The summed E-state index contributed by atoms with van der Waals surface area (Å²) in [5.41, 5.74) is 0.